The van der Waals surface area contributed by atoms with Crippen LogP contribution in [0.25, 0.3) is 5.76 Å². The second-order valence-corrected chi connectivity index (χ2v) is 8.62. The van der Waals surface area contributed by atoms with E-state index >= 15 is 0 Å². The van der Waals surface area contributed by atoms with Crippen LogP contribution in [0.1, 0.15) is 57.2 Å². The number of aliphatic hydroxyl groups is 1. The molecule has 1 saturated heterocycles. The first-order valence-corrected chi connectivity index (χ1v) is 12.4. The number of ether oxygens (including phenoxy) is 1. The normalized spacial score (nSPS) is 17.4. The maximum Gasteiger partial charge on any atom is 0.295 e. The summed E-state index contributed by atoms with van der Waals surface area (Å²) < 4.78 is 20.6. The second-order valence-electron chi connectivity index (χ2n) is 8.62. The molecule has 1 atom stereocenters. The third-order valence-corrected chi connectivity index (χ3v) is 6.44. The molecule has 1 aliphatic rings. The van der Waals surface area contributed by atoms with Gasteiger partial charge in [-0.15, -0.1) is 0 Å². The fraction of sp³-hybridized carbons (Fsp3) is 0.429. The lowest BCUT2D eigenvalue weighted by molar-refractivity contribution is -0.140. The van der Waals surface area contributed by atoms with Crippen LogP contribution in [-0.4, -0.2) is 59.4 Å². The van der Waals surface area contributed by atoms with Crippen LogP contribution in [0.3, 0.4) is 0 Å². The number of benzene rings is 2. The van der Waals surface area contributed by atoms with Gasteiger partial charge < -0.3 is 19.6 Å². The number of hydrogen-bond acceptors (Lipinski definition) is 5. The first-order chi connectivity index (χ1) is 16.9. The standard InChI is InChI=1S/C28H35FN2O4/c1-4-7-10-19-35-21-15-13-20(14-16-21)26(32)24-25(22-11-8-9-12-23(22)29)31(28(34)27(24)33)18-17-30(5-2)6-3/h8-9,11-16,25,32H,4-7,10,17-19H2,1-3H3/b26-24-. The first kappa shape index (κ1) is 26.4. The van der Waals surface area contributed by atoms with Crippen molar-refractivity contribution in [1.82, 2.24) is 9.80 Å². The quantitative estimate of drug-likeness (QED) is 0.196. The van der Waals surface area contributed by atoms with Crippen molar-refractivity contribution in [1.29, 1.82) is 0 Å². The van der Waals surface area contributed by atoms with Crippen molar-refractivity contribution in [3.8, 4) is 5.75 Å². The van der Waals surface area contributed by atoms with Crippen molar-refractivity contribution in [2.45, 2.75) is 46.1 Å². The second kappa shape index (κ2) is 12.5. The van der Waals surface area contributed by atoms with Gasteiger partial charge in [-0.2, -0.15) is 0 Å². The molecule has 0 spiro atoms. The van der Waals surface area contributed by atoms with Crippen LogP contribution in [0.15, 0.2) is 54.1 Å². The molecule has 1 unspecified atom stereocenters. The van der Waals surface area contributed by atoms with Gasteiger partial charge in [-0.1, -0.05) is 51.8 Å². The number of likely N-dealkylation sites (tertiary alicyclic amines) is 1. The number of unbranched alkanes of at least 4 members (excludes halogenated alkanes) is 2. The molecule has 0 aliphatic carbocycles. The van der Waals surface area contributed by atoms with Gasteiger partial charge in [0.2, 0.25) is 0 Å². The molecule has 0 radical (unpaired) electrons. The minimum Gasteiger partial charge on any atom is -0.507 e. The molecule has 2 aromatic rings. The highest BCUT2D eigenvalue weighted by Gasteiger charge is 2.46. The number of hydrogen-bond donors (Lipinski definition) is 1. The van der Waals surface area contributed by atoms with E-state index in [0.717, 1.165) is 32.4 Å². The highest BCUT2D eigenvalue weighted by molar-refractivity contribution is 6.46. The number of likely N-dealkylation sites (N-methyl/N-ethyl adjacent to an activating group) is 1. The van der Waals surface area contributed by atoms with Crippen LogP contribution in [-0.2, 0) is 9.59 Å². The Kier molecular flexibility index (Phi) is 9.43. The number of carbonyl (C=O) groups excluding carboxylic acids is 2. The van der Waals surface area contributed by atoms with E-state index in [1.54, 1.807) is 42.5 Å². The first-order valence-electron chi connectivity index (χ1n) is 12.4. The van der Waals surface area contributed by atoms with E-state index in [4.69, 9.17) is 4.74 Å². The largest absolute Gasteiger partial charge is 0.507 e. The third kappa shape index (κ3) is 6.09. The highest BCUT2D eigenvalue weighted by atomic mass is 19.1. The van der Waals surface area contributed by atoms with Gasteiger partial charge in [0, 0.05) is 24.2 Å². The van der Waals surface area contributed by atoms with Crippen molar-refractivity contribution in [2.24, 2.45) is 0 Å². The van der Waals surface area contributed by atoms with E-state index in [1.165, 1.54) is 11.0 Å². The zero-order valence-corrected chi connectivity index (χ0v) is 20.8. The molecule has 7 heteroatoms. The topological polar surface area (TPSA) is 70.1 Å². The van der Waals surface area contributed by atoms with Gasteiger partial charge in [0.15, 0.2) is 0 Å². The molecular formula is C28H35FN2O4. The van der Waals surface area contributed by atoms with E-state index in [9.17, 15) is 19.1 Å². The number of rotatable bonds is 12. The van der Waals surface area contributed by atoms with Crippen LogP contribution in [0.4, 0.5) is 4.39 Å². The number of halogens is 1. The lowest BCUT2D eigenvalue weighted by Crippen LogP contribution is -2.38. The van der Waals surface area contributed by atoms with Gasteiger partial charge in [0.1, 0.15) is 17.3 Å². The van der Waals surface area contributed by atoms with Crippen LogP contribution >= 0.6 is 0 Å². The Bertz CT molecular complexity index is 1050. The summed E-state index contributed by atoms with van der Waals surface area (Å²) in [4.78, 5) is 29.6. The Balaban J connectivity index is 1.96. The van der Waals surface area contributed by atoms with E-state index < -0.39 is 23.5 Å². The molecule has 0 saturated carbocycles. The van der Waals surface area contributed by atoms with Crippen molar-refractivity contribution >= 4 is 17.4 Å². The zero-order chi connectivity index (χ0) is 25.4. The maximum atomic E-state index is 14.9. The lowest BCUT2D eigenvalue weighted by atomic mass is 9.95. The Hall–Kier alpha value is -3.19. The summed E-state index contributed by atoms with van der Waals surface area (Å²) in [6, 6.07) is 11.8. The molecule has 1 fully saturated rings. The molecule has 1 heterocycles. The summed E-state index contributed by atoms with van der Waals surface area (Å²) >= 11 is 0. The van der Waals surface area contributed by atoms with Gasteiger partial charge >= 0.3 is 0 Å². The minimum absolute atomic E-state index is 0.101. The smallest absolute Gasteiger partial charge is 0.295 e. The summed E-state index contributed by atoms with van der Waals surface area (Å²) in [5.74, 6) is -1.74. The number of amides is 1. The third-order valence-electron chi connectivity index (χ3n) is 6.44. The molecule has 0 aromatic heterocycles. The monoisotopic (exact) mass is 482 g/mol. The predicted octanol–water partition coefficient (Wildman–Crippen LogP) is 5.16. The average molecular weight is 483 g/mol. The van der Waals surface area contributed by atoms with Crippen LogP contribution < -0.4 is 4.74 Å². The summed E-state index contributed by atoms with van der Waals surface area (Å²) in [7, 11) is 0. The van der Waals surface area contributed by atoms with Gasteiger partial charge in [0.25, 0.3) is 11.7 Å². The highest BCUT2D eigenvalue weighted by Crippen LogP contribution is 2.40. The van der Waals surface area contributed by atoms with E-state index in [1.807, 2.05) is 13.8 Å². The van der Waals surface area contributed by atoms with Crippen molar-refractivity contribution < 1.29 is 23.8 Å². The Morgan fingerprint density at radius 3 is 2.34 bits per heavy atom. The molecular weight excluding hydrogens is 447 g/mol. The average Bonchev–Trinajstić information content (AvgIpc) is 3.12. The van der Waals surface area contributed by atoms with Crippen LogP contribution in [0, 0.1) is 5.82 Å². The molecule has 188 valence electrons. The molecule has 1 amide bonds. The predicted molar refractivity (Wildman–Crippen MR) is 135 cm³/mol. The molecule has 2 aromatic carbocycles. The molecule has 35 heavy (non-hydrogen) atoms. The van der Waals surface area contributed by atoms with E-state index in [0.29, 0.717) is 24.5 Å². The lowest BCUT2D eigenvalue weighted by Gasteiger charge is -2.28. The van der Waals surface area contributed by atoms with Gasteiger partial charge in [-0.25, -0.2) is 4.39 Å². The van der Waals surface area contributed by atoms with Crippen molar-refractivity contribution in [2.75, 3.05) is 32.8 Å². The van der Waals surface area contributed by atoms with Gasteiger partial charge in [-0.3, -0.25) is 9.59 Å². The number of aliphatic hydroxyl groups excluding tert-OH is 1. The number of Topliss-reactive ketones (excluding diaryl/α,β-unsaturated/α-hetero) is 1. The summed E-state index contributed by atoms with van der Waals surface area (Å²) in [6.07, 6.45) is 3.15. The Morgan fingerprint density at radius 2 is 1.71 bits per heavy atom. The molecule has 0 bridgehead atoms. The van der Waals surface area contributed by atoms with E-state index in [2.05, 4.69) is 11.8 Å². The molecule has 1 N–H and O–H groups in total. The molecule has 1 aliphatic heterocycles. The van der Waals surface area contributed by atoms with Crippen molar-refractivity contribution in [3.63, 3.8) is 0 Å². The Morgan fingerprint density at radius 1 is 1.03 bits per heavy atom. The van der Waals surface area contributed by atoms with Crippen LogP contribution in [0.2, 0.25) is 0 Å². The van der Waals surface area contributed by atoms with Crippen LogP contribution in [0.5, 0.6) is 5.75 Å². The number of carbonyl (C=O) groups is 2. The fourth-order valence-corrected chi connectivity index (χ4v) is 4.33. The van der Waals surface area contributed by atoms with Gasteiger partial charge in [-0.05, 0) is 49.8 Å². The van der Waals surface area contributed by atoms with E-state index in [-0.39, 0.29) is 23.4 Å². The summed E-state index contributed by atoms with van der Waals surface area (Å²) in [5, 5.41) is 11.2. The molecule has 6 nitrogen and oxygen atoms in total. The van der Waals surface area contributed by atoms with Gasteiger partial charge in [0.05, 0.1) is 18.2 Å². The number of ketones is 1. The molecule has 3 rings (SSSR count). The van der Waals surface area contributed by atoms with Crippen molar-refractivity contribution in [3.05, 3.63) is 71.0 Å². The SMILES string of the molecule is CCCCCOc1ccc(/C(O)=C2/C(=O)C(=O)N(CCN(CC)CC)C2c2ccccc2F)cc1. The zero-order valence-electron chi connectivity index (χ0n) is 20.8. The minimum atomic E-state index is -1.00. The summed E-state index contributed by atoms with van der Waals surface area (Å²) in [5.41, 5.74) is 0.453. The maximum absolute atomic E-state index is 14.9. The number of nitrogens with zero attached hydrogens (tertiary/aromatic N) is 2. The summed E-state index contributed by atoms with van der Waals surface area (Å²) in [6.45, 7) is 9.12. The Labute approximate surface area is 207 Å². The fourth-order valence-electron chi connectivity index (χ4n) is 4.33.